The van der Waals surface area contributed by atoms with E-state index in [2.05, 4.69) is 25.4 Å². The number of hydrogen-bond acceptors (Lipinski definition) is 5. The summed E-state index contributed by atoms with van der Waals surface area (Å²) in [5.74, 6) is 0.454. The van der Waals surface area contributed by atoms with Gasteiger partial charge in [-0.05, 0) is 49.4 Å². The van der Waals surface area contributed by atoms with Gasteiger partial charge in [-0.2, -0.15) is 0 Å². The van der Waals surface area contributed by atoms with Crippen LogP contribution in [-0.2, 0) is 9.63 Å². The van der Waals surface area contributed by atoms with Crippen molar-refractivity contribution in [2.45, 2.75) is 24.9 Å². The summed E-state index contributed by atoms with van der Waals surface area (Å²) in [4.78, 5) is 31.1. The van der Waals surface area contributed by atoms with Crippen LogP contribution in [0.4, 0.5) is 5.69 Å². The molecule has 0 spiro atoms. The first-order valence-electron chi connectivity index (χ1n) is 9.67. The number of rotatable bonds is 3. The molecule has 4 heterocycles. The summed E-state index contributed by atoms with van der Waals surface area (Å²) in [5.41, 5.74) is 2.33. The Morgan fingerprint density at radius 1 is 1.29 bits per heavy atom. The van der Waals surface area contributed by atoms with E-state index >= 15 is 0 Å². The van der Waals surface area contributed by atoms with Gasteiger partial charge in [-0.15, -0.1) is 0 Å². The van der Waals surface area contributed by atoms with Crippen LogP contribution in [0.1, 0.15) is 24.8 Å². The number of aromatic nitrogens is 3. The Kier molecular flexibility index (Phi) is 3.18. The number of oxime groups is 1. The molecule has 140 valence electrons. The van der Waals surface area contributed by atoms with Crippen LogP contribution in [0.2, 0.25) is 0 Å². The first-order valence-corrected chi connectivity index (χ1v) is 9.67. The van der Waals surface area contributed by atoms with Crippen molar-refractivity contribution >= 4 is 28.3 Å². The molecule has 0 aromatic carbocycles. The highest BCUT2D eigenvalue weighted by Crippen LogP contribution is 2.60. The quantitative estimate of drug-likeness (QED) is 0.738. The predicted molar refractivity (Wildman–Crippen MR) is 104 cm³/mol. The summed E-state index contributed by atoms with van der Waals surface area (Å²) in [5, 5.41) is 8.42. The van der Waals surface area contributed by atoms with Crippen LogP contribution >= 0.6 is 0 Å². The molecule has 2 fully saturated rings. The molecule has 1 amide bonds. The van der Waals surface area contributed by atoms with Crippen molar-refractivity contribution in [2.24, 2.45) is 22.9 Å². The molecule has 2 aliphatic carbocycles. The number of amides is 1. The minimum atomic E-state index is -0.929. The molecule has 0 radical (unpaired) electrons. The van der Waals surface area contributed by atoms with E-state index in [0.29, 0.717) is 11.6 Å². The topological polar surface area (TPSA) is 92.3 Å². The van der Waals surface area contributed by atoms with Crippen LogP contribution in [0.3, 0.4) is 0 Å². The molecular weight excluding hydrogens is 354 g/mol. The second-order valence-corrected chi connectivity index (χ2v) is 7.94. The van der Waals surface area contributed by atoms with Gasteiger partial charge in [-0.1, -0.05) is 5.16 Å². The number of H-pyrrole nitrogens is 1. The van der Waals surface area contributed by atoms with Gasteiger partial charge in [0.25, 0.3) is 5.91 Å². The highest BCUT2D eigenvalue weighted by Gasteiger charge is 2.69. The number of anilines is 1. The third kappa shape index (κ3) is 2.04. The van der Waals surface area contributed by atoms with Crippen molar-refractivity contribution in [1.29, 1.82) is 0 Å². The van der Waals surface area contributed by atoms with Gasteiger partial charge in [0.15, 0.2) is 0 Å². The molecule has 28 heavy (non-hydrogen) atoms. The second kappa shape index (κ2) is 5.64. The van der Waals surface area contributed by atoms with E-state index < -0.39 is 5.60 Å². The number of aromatic amines is 1. The molecule has 3 aromatic heterocycles. The van der Waals surface area contributed by atoms with E-state index in [0.717, 1.165) is 41.6 Å². The van der Waals surface area contributed by atoms with E-state index in [1.165, 1.54) is 0 Å². The zero-order valence-corrected chi connectivity index (χ0v) is 15.1. The van der Waals surface area contributed by atoms with E-state index in [-0.39, 0.29) is 17.7 Å². The van der Waals surface area contributed by atoms with Crippen LogP contribution < -0.4 is 5.32 Å². The minimum absolute atomic E-state index is 0.0283. The Morgan fingerprint density at radius 2 is 2.25 bits per heavy atom. The maximum atomic E-state index is 13.5. The summed E-state index contributed by atoms with van der Waals surface area (Å²) < 4.78 is 0. The zero-order chi connectivity index (χ0) is 18.7. The van der Waals surface area contributed by atoms with Crippen LogP contribution in [0, 0.1) is 17.8 Å². The first-order chi connectivity index (χ1) is 13.8. The van der Waals surface area contributed by atoms with Gasteiger partial charge in [-0.25, -0.2) is 4.98 Å². The monoisotopic (exact) mass is 373 g/mol. The molecule has 2 N–H and O–H groups in total. The van der Waals surface area contributed by atoms with Gasteiger partial charge in [0.05, 0.1) is 23.5 Å². The van der Waals surface area contributed by atoms with Crippen LogP contribution in [0.15, 0.2) is 54.2 Å². The summed E-state index contributed by atoms with van der Waals surface area (Å²) in [6.45, 7) is 0. The number of carbonyl (C=O) groups excluding carboxylic acids is 1. The van der Waals surface area contributed by atoms with E-state index in [9.17, 15) is 4.79 Å². The van der Waals surface area contributed by atoms with E-state index in [1.54, 1.807) is 18.6 Å². The number of fused-ring (bicyclic) bond motifs is 6. The van der Waals surface area contributed by atoms with Crippen molar-refractivity contribution in [2.75, 3.05) is 5.32 Å². The molecule has 2 bridgehead atoms. The summed E-state index contributed by atoms with van der Waals surface area (Å²) >= 11 is 0. The molecule has 2 saturated carbocycles. The molecule has 4 atom stereocenters. The fraction of sp³-hybridized carbons (Fsp3) is 0.333. The molecule has 0 saturated heterocycles. The fourth-order valence-corrected chi connectivity index (χ4v) is 5.40. The van der Waals surface area contributed by atoms with Gasteiger partial charge >= 0.3 is 0 Å². The Labute approximate surface area is 161 Å². The smallest absolute Gasteiger partial charge is 0.272 e. The summed E-state index contributed by atoms with van der Waals surface area (Å²) in [7, 11) is 0. The average Bonchev–Trinajstić information content (AvgIpc) is 3.48. The number of carbonyl (C=O) groups is 1. The molecule has 6 rings (SSSR count). The summed E-state index contributed by atoms with van der Waals surface area (Å²) in [6, 6.07) is 7.74. The number of hydrogen-bond donors (Lipinski definition) is 2. The SMILES string of the molecule is O=C(Nc1cnc2[nH]ccc2c1)C12ON=C(c3cccnc3)C1C1CCC2C1. The molecule has 7 heteroatoms. The van der Waals surface area contributed by atoms with E-state index in [1.807, 2.05) is 30.5 Å². The van der Waals surface area contributed by atoms with Gasteiger partial charge in [-0.3, -0.25) is 9.78 Å². The Hall–Kier alpha value is -3.22. The van der Waals surface area contributed by atoms with Crippen molar-refractivity contribution in [1.82, 2.24) is 15.0 Å². The van der Waals surface area contributed by atoms with Gasteiger partial charge in [0.1, 0.15) is 5.65 Å². The van der Waals surface area contributed by atoms with Crippen LogP contribution in [0.25, 0.3) is 11.0 Å². The van der Waals surface area contributed by atoms with Crippen molar-refractivity contribution < 1.29 is 9.63 Å². The maximum Gasteiger partial charge on any atom is 0.272 e. The highest BCUT2D eigenvalue weighted by atomic mass is 16.7. The zero-order valence-electron chi connectivity index (χ0n) is 15.1. The van der Waals surface area contributed by atoms with Crippen molar-refractivity contribution in [3.05, 3.63) is 54.6 Å². The van der Waals surface area contributed by atoms with Gasteiger partial charge in [0.2, 0.25) is 5.60 Å². The Bertz CT molecular complexity index is 1110. The van der Waals surface area contributed by atoms with Gasteiger partial charge < -0.3 is 15.1 Å². The Morgan fingerprint density at radius 3 is 3.14 bits per heavy atom. The molecular formula is C21H19N5O2. The maximum absolute atomic E-state index is 13.5. The molecule has 1 aliphatic heterocycles. The minimum Gasteiger partial charge on any atom is -0.378 e. The molecule has 4 unspecified atom stereocenters. The number of pyridine rings is 2. The van der Waals surface area contributed by atoms with Crippen molar-refractivity contribution in [3.8, 4) is 0 Å². The van der Waals surface area contributed by atoms with Crippen molar-refractivity contribution in [3.63, 3.8) is 0 Å². The number of nitrogens with one attached hydrogen (secondary N) is 2. The third-order valence-corrected chi connectivity index (χ3v) is 6.57. The third-order valence-electron chi connectivity index (χ3n) is 6.57. The lowest BCUT2D eigenvalue weighted by molar-refractivity contribution is -0.149. The standard InChI is InChI=1S/C21H19N5O2/c27-20(25-16-9-13-5-7-23-19(13)24-11-16)21-15-4-3-12(8-15)17(21)18(26-28-21)14-2-1-6-22-10-14/h1-2,5-7,9-12,15,17H,3-4,8H2,(H,23,24)(H,25,27). The highest BCUT2D eigenvalue weighted by molar-refractivity contribution is 6.10. The van der Waals surface area contributed by atoms with Gasteiger partial charge in [0, 0.05) is 35.5 Å². The first kappa shape index (κ1) is 15.8. The number of nitrogens with zero attached hydrogens (tertiary/aromatic N) is 3. The normalized spacial score (nSPS) is 30.1. The lowest BCUT2D eigenvalue weighted by Crippen LogP contribution is -2.53. The van der Waals surface area contributed by atoms with Crippen LogP contribution in [-0.4, -0.2) is 32.2 Å². The van der Waals surface area contributed by atoms with E-state index in [4.69, 9.17) is 4.84 Å². The molecule has 3 aromatic rings. The van der Waals surface area contributed by atoms with Crippen LogP contribution in [0.5, 0.6) is 0 Å². The second-order valence-electron chi connectivity index (χ2n) is 7.94. The summed E-state index contributed by atoms with van der Waals surface area (Å²) in [6.07, 6.45) is 10.2. The predicted octanol–water partition coefficient (Wildman–Crippen LogP) is 3.12. The molecule has 3 aliphatic rings. The average molecular weight is 373 g/mol. The lowest BCUT2D eigenvalue weighted by atomic mass is 9.72. The fourth-order valence-electron chi connectivity index (χ4n) is 5.40. The Balaban J connectivity index is 1.35. The lowest BCUT2D eigenvalue weighted by Gasteiger charge is -2.35. The molecule has 7 nitrogen and oxygen atoms in total. The largest absolute Gasteiger partial charge is 0.378 e.